The zero-order valence-electron chi connectivity index (χ0n) is 12.1. The summed E-state index contributed by atoms with van der Waals surface area (Å²) in [6.45, 7) is 1.83. The van der Waals surface area contributed by atoms with Crippen molar-refractivity contribution in [2.24, 2.45) is 17.3 Å². The van der Waals surface area contributed by atoms with Crippen molar-refractivity contribution in [1.82, 2.24) is 14.5 Å². The van der Waals surface area contributed by atoms with Crippen LogP contribution in [-0.4, -0.2) is 41.6 Å². The van der Waals surface area contributed by atoms with Crippen molar-refractivity contribution in [2.45, 2.75) is 0 Å². The van der Waals surface area contributed by atoms with E-state index in [4.69, 9.17) is 0 Å². The van der Waals surface area contributed by atoms with Crippen LogP contribution in [0.4, 0.5) is 17.3 Å². The maximum atomic E-state index is 4.27. The highest BCUT2D eigenvalue weighted by Crippen LogP contribution is 2.25. The van der Waals surface area contributed by atoms with E-state index in [1.165, 1.54) is 0 Å². The number of nitrogens with one attached hydrogen (secondary N) is 1. The van der Waals surface area contributed by atoms with E-state index in [1.54, 1.807) is 6.20 Å². The number of para-hydroxylation sites is 1. The van der Waals surface area contributed by atoms with Crippen molar-refractivity contribution in [1.29, 1.82) is 0 Å². The molecule has 0 saturated carbocycles. The number of rotatable bonds is 6. The van der Waals surface area contributed by atoms with Gasteiger partial charge in [0.15, 0.2) is 0 Å². The number of likely N-dealkylation sites (N-methyl/N-ethyl adjacent to an activating group) is 1. The fourth-order valence-corrected chi connectivity index (χ4v) is 1.68. The predicted octanol–water partition coefficient (Wildman–Crippen LogP) is 2.81. The minimum Gasteiger partial charge on any atom is -0.382 e. The van der Waals surface area contributed by atoms with E-state index in [0.29, 0.717) is 5.95 Å². The first kappa shape index (κ1) is 14.2. The Kier molecular flexibility index (Phi) is 4.84. The van der Waals surface area contributed by atoms with Gasteiger partial charge in [-0.25, -0.2) is 4.98 Å². The second-order valence-electron chi connectivity index (χ2n) is 4.79. The molecule has 6 nitrogen and oxygen atoms in total. The second kappa shape index (κ2) is 6.81. The summed E-state index contributed by atoms with van der Waals surface area (Å²) in [4.78, 5) is 6.25. The minimum atomic E-state index is 0.591. The van der Waals surface area contributed by atoms with Crippen LogP contribution in [0, 0.1) is 0 Å². The Balaban J connectivity index is 2.08. The Morgan fingerprint density at radius 2 is 2.05 bits per heavy atom. The number of aromatic nitrogens is 2. The monoisotopic (exact) mass is 272 g/mol. The molecule has 0 radical (unpaired) electrons. The van der Waals surface area contributed by atoms with Crippen molar-refractivity contribution in [3.63, 3.8) is 0 Å². The van der Waals surface area contributed by atoms with E-state index < -0.39 is 0 Å². The molecule has 1 aromatic carbocycles. The molecule has 6 heteroatoms. The number of aryl methyl sites for hydroxylation is 1. The van der Waals surface area contributed by atoms with E-state index in [0.717, 1.165) is 24.5 Å². The summed E-state index contributed by atoms with van der Waals surface area (Å²) in [6, 6.07) is 7.87. The van der Waals surface area contributed by atoms with Crippen LogP contribution < -0.4 is 5.32 Å². The molecule has 0 aliphatic carbocycles. The molecule has 0 atom stereocenters. The molecular formula is C14H20N6. The van der Waals surface area contributed by atoms with E-state index in [1.807, 2.05) is 56.2 Å². The van der Waals surface area contributed by atoms with Gasteiger partial charge in [-0.1, -0.05) is 12.1 Å². The molecule has 1 aromatic heterocycles. The SMILES string of the molecule is CN(C)CCNc1ccccc1/N=N/c1nccn1C. The quantitative estimate of drug-likeness (QED) is 0.823. The molecule has 0 spiro atoms. The van der Waals surface area contributed by atoms with Gasteiger partial charge in [0.2, 0.25) is 5.95 Å². The Hall–Kier alpha value is -2.21. The summed E-state index contributed by atoms with van der Waals surface area (Å²) in [5.74, 6) is 0.591. The maximum Gasteiger partial charge on any atom is 0.249 e. The van der Waals surface area contributed by atoms with Gasteiger partial charge in [0.1, 0.15) is 5.69 Å². The standard InChI is InChI=1S/C14H20N6/c1-19(2)10-8-15-12-6-4-5-7-13(12)17-18-14-16-9-11-20(14)3/h4-7,9,11,15H,8,10H2,1-3H3/b18-17+. The molecule has 106 valence electrons. The van der Waals surface area contributed by atoms with E-state index in [9.17, 15) is 0 Å². The van der Waals surface area contributed by atoms with Gasteiger partial charge in [-0.3, -0.25) is 0 Å². The number of nitrogens with zero attached hydrogens (tertiary/aromatic N) is 5. The molecule has 20 heavy (non-hydrogen) atoms. The van der Waals surface area contributed by atoms with Crippen LogP contribution in [0.1, 0.15) is 0 Å². The summed E-state index contributed by atoms with van der Waals surface area (Å²) in [5.41, 5.74) is 1.79. The van der Waals surface area contributed by atoms with Gasteiger partial charge in [0.05, 0.1) is 5.69 Å². The largest absolute Gasteiger partial charge is 0.382 e. The normalized spacial score (nSPS) is 11.4. The third-order valence-electron chi connectivity index (χ3n) is 2.82. The fourth-order valence-electron chi connectivity index (χ4n) is 1.68. The summed E-state index contributed by atoms with van der Waals surface area (Å²) in [6.07, 6.45) is 3.55. The van der Waals surface area contributed by atoms with Crippen molar-refractivity contribution in [3.8, 4) is 0 Å². The molecule has 0 unspecified atom stereocenters. The molecule has 1 N–H and O–H groups in total. The smallest absolute Gasteiger partial charge is 0.249 e. The van der Waals surface area contributed by atoms with E-state index >= 15 is 0 Å². The topological polar surface area (TPSA) is 57.8 Å². The van der Waals surface area contributed by atoms with Crippen molar-refractivity contribution in [2.75, 3.05) is 32.5 Å². The van der Waals surface area contributed by atoms with Gasteiger partial charge < -0.3 is 14.8 Å². The van der Waals surface area contributed by atoms with E-state index in [2.05, 4.69) is 25.4 Å². The Bertz CT molecular complexity index is 573. The minimum absolute atomic E-state index is 0.591. The summed E-state index contributed by atoms with van der Waals surface area (Å²) < 4.78 is 1.82. The number of azo groups is 1. The predicted molar refractivity (Wildman–Crippen MR) is 80.9 cm³/mol. The highest BCUT2D eigenvalue weighted by molar-refractivity contribution is 5.64. The lowest BCUT2D eigenvalue weighted by atomic mass is 10.2. The lowest BCUT2D eigenvalue weighted by molar-refractivity contribution is 0.425. The van der Waals surface area contributed by atoms with Gasteiger partial charge in [-0.05, 0) is 26.2 Å². The molecular weight excluding hydrogens is 252 g/mol. The zero-order valence-corrected chi connectivity index (χ0v) is 12.1. The van der Waals surface area contributed by atoms with Crippen LogP contribution in [0.15, 0.2) is 46.9 Å². The fraction of sp³-hybridized carbons (Fsp3) is 0.357. The van der Waals surface area contributed by atoms with Crippen LogP contribution in [-0.2, 0) is 7.05 Å². The third kappa shape index (κ3) is 3.89. The number of hydrogen-bond donors (Lipinski definition) is 1. The van der Waals surface area contributed by atoms with Gasteiger partial charge >= 0.3 is 0 Å². The molecule has 0 aliphatic heterocycles. The summed E-state index contributed by atoms with van der Waals surface area (Å²) in [5, 5.41) is 11.8. The van der Waals surface area contributed by atoms with Gasteiger partial charge in [-0.2, -0.15) is 0 Å². The summed E-state index contributed by atoms with van der Waals surface area (Å²) in [7, 11) is 5.99. The molecule has 0 bridgehead atoms. The number of benzene rings is 1. The molecule has 0 amide bonds. The zero-order chi connectivity index (χ0) is 14.4. The van der Waals surface area contributed by atoms with E-state index in [-0.39, 0.29) is 0 Å². The first-order valence-corrected chi connectivity index (χ1v) is 6.53. The highest BCUT2D eigenvalue weighted by Gasteiger charge is 2.01. The molecule has 2 rings (SSSR count). The van der Waals surface area contributed by atoms with Crippen LogP contribution >= 0.6 is 0 Å². The van der Waals surface area contributed by atoms with Crippen LogP contribution in [0.3, 0.4) is 0 Å². The molecule has 0 aliphatic rings. The van der Waals surface area contributed by atoms with Gasteiger partial charge in [0.25, 0.3) is 0 Å². The Labute approximate surface area is 119 Å². The number of anilines is 1. The maximum absolute atomic E-state index is 4.27. The van der Waals surface area contributed by atoms with Crippen LogP contribution in [0.5, 0.6) is 0 Å². The van der Waals surface area contributed by atoms with Crippen LogP contribution in [0.25, 0.3) is 0 Å². The first-order chi connectivity index (χ1) is 9.66. The second-order valence-corrected chi connectivity index (χ2v) is 4.79. The lowest BCUT2D eigenvalue weighted by Gasteiger charge is -2.12. The van der Waals surface area contributed by atoms with Crippen molar-refractivity contribution < 1.29 is 0 Å². The molecule has 0 saturated heterocycles. The molecule has 2 aromatic rings. The average molecular weight is 272 g/mol. The third-order valence-corrected chi connectivity index (χ3v) is 2.82. The van der Waals surface area contributed by atoms with Gasteiger partial charge in [0, 0.05) is 32.5 Å². The van der Waals surface area contributed by atoms with Crippen molar-refractivity contribution >= 4 is 17.3 Å². The molecule has 0 fully saturated rings. The first-order valence-electron chi connectivity index (χ1n) is 6.53. The van der Waals surface area contributed by atoms with Crippen molar-refractivity contribution in [3.05, 3.63) is 36.7 Å². The Morgan fingerprint density at radius 1 is 1.25 bits per heavy atom. The van der Waals surface area contributed by atoms with Crippen LogP contribution in [0.2, 0.25) is 0 Å². The highest BCUT2D eigenvalue weighted by atomic mass is 15.3. The molecule has 1 heterocycles. The number of hydrogen-bond acceptors (Lipinski definition) is 5. The average Bonchev–Trinajstić information content (AvgIpc) is 2.83. The Morgan fingerprint density at radius 3 is 2.75 bits per heavy atom. The summed E-state index contributed by atoms with van der Waals surface area (Å²) >= 11 is 0. The van der Waals surface area contributed by atoms with Gasteiger partial charge in [-0.15, -0.1) is 10.2 Å². The lowest BCUT2D eigenvalue weighted by Crippen LogP contribution is -2.20. The number of imidazole rings is 1.